The number of nitrogens with one attached hydrogen (secondary N) is 1. The SMILES string of the molecule is COC(=O)c1ccc(NS(=O)[O-])cc1. The highest BCUT2D eigenvalue weighted by Crippen LogP contribution is 2.10. The molecular weight excluding hydrogens is 206 g/mol. The molecule has 1 rings (SSSR count). The van der Waals surface area contributed by atoms with Crippen molar-refractivity contribution in [3.63, 3.8) is 0 Å². The summed E-state index contributed by atoms with van der Waals surface area (Å²) in [5, 5.41) is 0. The predicted molar refractivity (Wildman–Crippen MR) is 50.3 cm³/mol. The Kier molecular flexibility index (Phi) is 3.61. The molecule has 1 unspecified atom stereocenters. The molecule has 0 aliphatic rings. The second-order valence-corrected chi connectivity index (χ2v) is 3.08. The van der Waals surface area contributed by atoms with Crippen molar-refractivity contribution in [2.24, 2.45) is 0 Å². The molecule has 0 radical (unpaired) electrons. The fraction of sp³-hybridized carbons (Fsp3) is 0.125. The van der Waals surface area contributed by atoms with E-state index in [1.807, 2.05) is 0 Å². The molecule has 0 amide bonds. The van der Waals surface area contributed by atoms with Gasteiger partial charge in [0.25, 0.3) is 0 Å². The number of methoxy groups -OCH3 is 1. The average Bonchev–Trinajstić information content (AvgIpc) is 2.17. The van der Waals surface area contributed by atoms with Crippen molar-refractivity contribution in [2.75, 3.05) is 11.8 Å². The van der Waals surface area contributed by atoms with Crippen LogP contribution in [0.15, 0.2) is 24.3 Å². The first-order chi connectivity index (χ1) is 6.63. The fourth-order valence-electron chi connectivity index (χ4n) is 0.888. The lowest BCUT2D eigenvalue weighted by molar-refractivity contribution is 0.0601. The molecule has 0 saturated heterocycles. The first-order valence-corrected chi connectivity index (χ1v) is 4.75. The van der Waals surface area contributed by atoms with Gasteiger partial charge >= 0.3 is 5.97 Å². The highest BCUT2D eigenvalue weighted by Gasteiger charge is 2.03. The second-order valence-electron chi connectivity index (χ2n) is 2.41. The van der Waals surface area contributed by atoms with Crippen molar-refractivity contribution >= 4 is 22.9 Å². The zero-order valence-electron chi connectivity index (χ0n) is 7.35. The van der Waals surface area contributed by atoms with Crippen molar-refractivity contribution in [2.45, 2.75) is 0 Å². The number of hydrogen-bond acceptors (Lipinski definition) is 4. The van der Waals surface area contributed by atoms with Crippen LogP contribution in [0.25, 0.3) is 0 Å². The maximum Gasteiger partial charge on any atom is 0.337 e. The van der Waals surface area contributed by atoms with Crippen LogP contribution in [0.2, 0.25) is 0 Å². The van der Waals surface area contributed by atoms with Gasteiger partial charge in [0.2, 0.25) is 0 Å². The minimum atomic E-state index is -2.35. The molecule has 0 spiro atoms. The summed E-state index contributed by atoms with van der Waals surface area (Å²) < 4.78 is 27.1. The van der Waals surface area contributed by atoms with Gasteiger partial charge < -0.3 is 14.0 Å². The molecule has 0 aliphatic heterocycles. The van der Waals surface area contributed by atoms with E-state index >= 15 is 0 Å². The highest BCUT2D eigenvalue weighted by molar-refractivity contribution is 7.80. The molecule has 1 aromatic carbocycles. The monoisotopic (exact) mass is 214 g/mol. The molecule has 0 fully saturated rings. The summed E-state index contributed by atoms with van der Waals surface area (Å²) in [6.45, 7) is 0. The van der Waals surface area contributed by atoms with E-state index in [-0.39, 0.29) is 0 Å². The minimum Gasteiger partial charge on any atom is -0.755 e. The van der Waals surface area contributed by atoms with Gasteiger partial charge in [-0.1, -0.05) is 0 Å². The first kappa shape index (κ1) is 10.7. The van der Waals surface area contributed by atoms with Crippen molar-refractivity contribution in [3.8, 4) is 0 Å². The van der Waals surface area contributed by atoms with E-state index in [1.165, 1.54) is 31.4 Å². The Labute approximate surface area is 83.5 Å². The molecule has 6 heteroatoms. The van der Waals surface area contributed by atoms with Gasteiger partial charge in [0.1, 0.15) is 0 Å². The lowest BCUT2D eigenvalue weighted by Crippen LogP contribution is -2.04. The Balaban J connectivity index is 2.78. The van der Waals surface area contributed by atoms with Gasteiger partial charge in [-0.05, 0) is 24.3 Å². The van der Waals surface area contributed by atoms with Crippen LogP contribution in [0.5, 0.6) is 0 Å². The third kappa shape index (κ3) is 2.82. The van der Waals surface area contributed by atoms with Crippen molar-refractivity contribution < 1.29 is 18.3 Å². The van der Waals surface area contributed by atoms with Gasteiger partial charge in [-0.2, -0.15) is 0 Å². The Morgan fingerprint density at radius 3 is 2.43 bits per heavy atom. The van der Waals surface area contributed by atoms with Crippen molar-refractivity contribution in [1.29, 1.82) is 0 Å². The van der Waals surface area contributed by atoms with Gasteiger partial charge in [-0.15, -0.1) is 0 Å². The number of carbonyl (C=O) groups excluding carboxylic acids is 1. The number of anilines is 1. The number of esters is 1. The number of benzene rings is 1. The van der Waals surface area contributed by atoms with Crippen LogP contribution in [-0.4, -0.2) is 21.8 Å². The Bertz CT molecular complexity index is 349. The molecule has 0 aliphatic carbocycles. The van der Waals surface area contributed by atoms with E-state index in [0.717, 1.165) is 0 Å². The van der Waals surface area contributed by atoms with E-state index in [0.29, 0.717) is 11.3 Å². The lowest BCUT2D eigenvalue weighted by Gasteiger charge is -2.08. The highest BCUT2D eigenvalue weighted by atomic mass is 32.2. The molecule has 1 atom stereocenters. The number of rotatable bonds is 3. The average molecular weight is 214 g/mol. The van der Waals surface area contributed by atoms with E-state index < -0.39 is 17.2 Å². The third-order valence-corrected chi connectivity index (χ3v) is 1.91. The maximum absolute atomic E-state index is 11.0. The summed E-state index contributed by atoms with van der Waals surface area (Å²) in [6, 6.07) is 5.90. The summed E-state index contributed by atoms with van der Waals surface area (Å²) in [6.07, 6.45) is 0. The number of hydrogen-bond donors (Lipinski definition) is 1. The van der Waals surface area contributed by atoms with Gasteiger partial charge in [-0.25, -0.2) is 4.79 Å². The smallest absolute Gasteiger partial charge is 0.337 e. The van der Waals surface area contributed by atoms with E-state index in [4.69, 9.17) is 0 Å². The minimum absolute atomic E-state index is 0.370. The molecule has 76 valence electrons. The summed E-state index contributed by atoms with van der Waals surface area (Å²) in [7, 11) is 1.28. The number of carbonyl (C=O) groups is 1. The fourth-order valence-corrected chi connectivity index (χ4v) is 1.22. The molecule has 1 aromatic rings. The summed E-state index contributed by atoms with van der Waals surface area (Å²) in [4.78, 5) is 11.0. The molecule has 14 heavy (non-hydrogen) atoms. The van der Waals surface area contributed by atoms with Crippen LogP contribution < -0.4 is 4.72 Å². The second kappa shape index (κ2) is 4.73. The zero-order chi connectivity index (χ0) is 10.6. The Morgan fingerprint density at radius 1 is 1.43 bits per heavy atom. The lowest BCUT2D eigenvalue weighted by atomic mass is 10.2. The third-order valence-electron chi connectivity index (χ3n) is 1.51. The maximum atomic E-state index is 11.0. The molecular formula is C8H8NO4S-. The van der Waals surface area contributed by atoms with Gasteiger partial charge in [0.05, 0.1) is 12.7 Å². The largest absolute Gasteiger partial charge is 0.755 e. The van der Waals surface area contributed by atoms with E-state index in [9.17, 15) is 13.6 Å². The van der Waals surface area contributed by atoms with Gasteiger partial charge in [0, 0.05) is 17.0 Å². The van der Waals surface area contributed by atoms with Gasteiger partial charge in [0.15, 0.2) is 0 Å². The van der Waals surface area contributed by atoms with Crippen LogP contribution in [0.1, 0.15) is 10.4 Å². The van der Waals surface area contributed by atoms with Gasteiger partial charge in [-0.3, -0.25) is 4.21 Å². The Morgan fingerprint density at radius 2 is 2.00 bits per heavy atom. The molecule has 0 aromatic heterocycles. The topological polar surface area (TPSA) is 78.5 Å². The molecule has 0 heterocycles. The first-order valence-electron chi connectivity index (χ1n) is 3.68. The van der Waals surface area contributed by atoms with Crippen LogP contribution in [0, 0.1) is 0 Å². The summed E-state index contributed by atoms with van der Waals surface area (Å²) >= 11 is -2.35. The van der Waals surface area contributed by atoms with Crippen LogP contribution >= 0.6 is 0 Å². The van der Waals surface area contributed by atoms with Crippen LogP contribution in [0.3, 0.4) is 0 Å². The molecule has 0 bridgehead atoms. The van der Waals surface area contributed by atoms with Crippen molar-refractivity contribution in [3.05, 3.63) is 29.8 Å². The summed E-state index contributed by atoms with van der Waals surface area (Å²) in [5.74, 6) is -0.459. The van der Waals surface area contributed by atoms with E-state index in [2.05, 4.69) is 9.46 Å². The molecule has 5 nitrogen and oxygen atoms in total. The summed E-state index contributed by atoms with van der Waals surface area (Å²) in [5.41, 5.74) is 0.765. The van der Waals surface area contributed by atoms with Crippen LogP contribution in [-0.2, 0) is 16.0 Å². The zero-order valence-corrected chi connectivity index (χ0v) is 8.17. The standard InChI is InChI=1S/C8H9NO4S/c1-13-8(10)6-2-4-7(5-3-6)9-14(11)12/h2-5,9H,1H3,(H,11,12)/p-1. The normalized spacial score (nSPS) is 11.9. The predicted octanol–water partition coefficient (Wildman–Crippen LogP) is 0.679. The molecule has 0 saturated carbocycles. The van der Waals surface area contributed by atoms with Crippen molar-refractivity contribution in [1.82, 2.24) is 0 Å². The quantitative estimate of drug-likeness (QED) is 0.592. The van der Waals surface area contributed by atoms with E-state index in [1.54, 1.807) is 0 Å². The Hall–Kier alpha value is -1.40. The number of ether oxygens (including phenoxy) is 1. The van der Waals surface area contributed by atoms with Crippen LogP contribution in [0.4, 0.5) is 5.69 Å². The molecule has 1 N–H and O–H groups in total.